The number of nitrogens with one attached hydrogen (secondary N) is 1. The second-order valence-corrected chi connectivity index (χ2v) is 9.94. The van der Waals surface area contributed by atoms with Crippen molar-refractivity contribution in [2.45, 2.75) is 52.0 Å². The van der Waals surface area contributed by atoms with E-state index in [4.69, 9.17) is 11.3 Å². The summed E-state index contributed by atoms with van der Waals surface area (Å²) in [6.07, 6.45) is 2.73. The molecule has 3 aromatic carbocycles. The van der Waals surface area contributed by atoms with Gasteiger partial charge in [-0.1, -0.05) is 88.4 Å². The number of hydrogen-bond acceptors (Lipinski definition) is 3. The zero-order valence-corrected chi connectivity index (χ0v) is 21.5. The Morgan fingerprint density at radius 2 is 1.56 bits per heavy atom. The van der Waals surface area contributed by atoms with Crippen molar-refractivity contribution in [3.63, 3.8) is 0 Å². The molecule has 6 heteroatoms. The van der Waals surface area contributed by atoms with Gasteiger partial charge in [-0.3, -0.25) is 4.90 Å². The maximum Gasteiger partial charge on any atom is 0.319 e. The number of carbonyl (C=O) groups is 1. The molecular weight excluding hydrogens is 446 g/mol. The van der Waals surface area contributed by atoms with Crippen LogP contribution in [-0.4, -0.2) is 17.1 Å². The summed E-state index contributed by atoms with van der Waals surface area (Å²) in [4.78, 5) is 14.8. The smallest absolute Gasteiger partial charge is 0.319 e. The third kappa shape index (κ3) is 5.03. The van der Waals surface area contributed by atoms with Crippen molar-refractivity contribution >= 4 is 28.3 Å². The van der Waals surface area contributed by atoms with Crippen LogP contribution in [0.15, 0.2) is 84.1 Å². The lowest BCUT2D eigenvalue weighted by Crippen LogP contribution is -2.41. The zero-order chi connectivity index (χ0) is 25.8. The molecule has 0 fully saturated rings. The highest BCUT2D eigenvalue weighted by Crippen LogP contribution is 2.37. The molecule has 3 N–H and O–H groups in total. The summed E-state index contributed by atoms with van der Waals surface area (Å²) >= 11 is 0. The molecule has 0 bridgehead atoms. The number of aromatic nitrogens is 1. The van der Waals surface area contributed by atoms with Crippen LogP contribution in [0.2, 0.25) is 0 Å². The third-order valence-electron chi connectivity index (χ3n) is 6.82. The summed E-state index contributed by atoms with van der Waals surface area (Å²) in [6, 6.07) is 23.8. The fourth-order valence-corrected chi connectivity index (χ4v) is 5.06. The molecule has 0 saturated carbocycles. The monoisotopic (exact) mass is 481 g/mol. The van der Waals surface area contributed by atoms with Gasteiger partial charge in [0.25, 0.3) is 0 Å². The number of primary amides is 1. The first-order chi connectivity index (χ1) is 17.3. The normalized spacial score (nSPS) is 12.3. The highest BCUT2D eigenvalue weighted by atomic mass is 16.2. The molecule has 6 nitrogen and oxygen atoms in total. The second kappa shape index (κ2) is 10.8. The molecule has 1 heterocycles. The van der Waals surface area contributed by atoms with E-state index in [1.807, 2.05) is 48.7 Å². The van der Waals surface area contributed by atoms with Gasteiger partial charge in [-0.2, -0.15) is 5.11 Å². The summed E-state index contributed by atoms with van der Waals surface area (Å²) in [5, 5.41) is 4.80. The fraction of sp³-hybridized carbons (Fsp3) is 0.300. The van der Waals surface area contributed by atoms with E-state index in [0.717, 1.165) is 33.3 Å². The molecule has 0 aliphatic carbocycles. The Bertz CT molecular complexity index is 1330. The topological polar surface area (TPSA) is 87.5 Å². The van der Waals surface area contributed by atoms with E-state index in [0.29, 0.717) is 18.7 Å². The van der Waals surface area contributed by atoms with Crippen LogP contribution in [0, 0.1) is 5.53 Å². The molecule has 0 saturated heterocycles. The molecule has 1 atom stereocenters. The van der Waals surface area contributed by atoms with Gasteiger partial charge in [0.2, 0.25) is 0 Å². The molecule has 4 aromatic rings. The largest absolute Gasteiger partial charge is 0.351 e. The molecule has 1 aromatic heterocycles. The van der Waals surface area contributed by atoms with Crippen LogP contribution in [0.3, 0.4) is 0 Å². The Morgan fingerprint density at radius 3 is 2.14 bits per heavy atom. The van der Waals surface area contributed by atoms with Crippen molar-refractivity contribution in [2.75, 3.05) is 11.4 Å². The molecular formula is C30H35N5O. The molecule has 186 valence electrons. The Kier molecular flexibility index (Phi) is 7.53. The van der Waals surface area contributed by atoms with Gasteiger partial charge in [-0.25, -0.2) is 10.3 Å². The van der Waals surface area contributed by atoms with Gasteiger partial charge in [-0.05, 0) is 47.1 Å². The Labute approximate surface area is 213 Å². The molecule has 0 spiro atoms. The van der Waals surface area contributed by atoms with E-state index in [9.17, 15) is 4.79 Å². The highest BCUT2D eigenvalue weighted by Gasteiger charge is 2.27. The summed E-state index contributed by atoms with van der Waals surface area (Å²) in [5.41, 5.74) is 19.6. The van der Waals surface area contributed by atoms with Gasteiger partial charge in [0.05, 0.1) is 17.2 Å². The van der Waals surface area contributed by atoms with Crippen LogP contribution in [0.25, 0.3) is 10.9 Å². The average Bonchev–Trinajstić information content (AvgIpc) is 3.31. The minimum absolute atomic E-state index is 0.125. The first-order valence-electron chi connectivity index (χ1n) is 12.5. The van der Waals surface area contributed by atoms with Crippen molar-refractivity contribution in [3.05, 3.63) is 95.7 Å². The molecule has 36 heavy (non-hydrogen) atoms. The number of nitrogens with two attached hydrogens (primary N) is 1. The van der Waals surface area contributed by atoms with Crippen LogP contribution in [0.5, 0.6) is 0 Å². The average molecular weight is 482 g/mol. The van der Waals surface area contributed by atoms with Crippen LogP contribution in [-0.2, 0) is 6.42 Å². The maximum absolute atomic E-state index is 13.1. The zero-order valence-electron chi connectivity index (χ0n) is 21.5. The lowest BCUT2D eigenvalue weighted by Gasteiger charge is -2.33. The Hall–Kier alpha value is -3.93. The van der Waals surface area contributed by atoms with E-state index in [1.165, 1.54) is 0 Å². The number of para-hydroxylation sites is 2. The van der Waals surface area contributed by atoms with Crippen LogP contribution in [0.1, 0.15) is 62.3 Å². The van der Waals surface area contributed by atoms with Crippen molar-refractivity contribution in [3.8, 4) is 0 Å². The van der Waals surface area contributed by atoms with Crippen LogP contribution < -0.4 is 10.6 Å². The number of fused-ring (bicyclic) bond motifs is 1. The first-order valence-corrected chi connectivity index (χ1v) is 12.5. The third-order valence-corrected chi connectivity index (χ3v) is 6.82. The van der Waals surface area contributed by atoms with E-state index >= 15 is 0 Å². The number of benzene rings is 3. The van der Waals surface area contributed by atoms with Gasteiger partial charge in [0.1, 0.15) is 5.69 Å². The van der Waals surface area contributed by atoms with Crippen LogP contribution >= 0.6 is 0 Å². The number of urea groups is 1. The quantitative estimate of drug-likeness (QED) is 0.234. The minimum Gasteiger partial charge on any atom is -0.351 e. The van der Waals surface area contributed by atoms with Gasteiger partial charge in [0, 0.05) is 18.1 Å². The van der Waals surface area contributed by atoms with Gasteiger partial charge in [-0.15, -0.1) is 0 Å². The Morgan fingerprint density at radius 1 is 0.917 bits per heavy atom. The number of rotatable bonds is 9. The number of amides is 2. The summed E-state index contributed by atoms with van der Waals surface area (Å²) in [6.45, 7) is 8.97. The number of nitrogens with zero attached hydrogens (tertiary/aromatic N) is 3. The predicted octanol–water partition coefficient (Wildman–Crippen LogP) is 7.92. The molecule has 0 aliphatic heterocycles. The predicted molar refractivity (Wildman–Crippen MR) is 147 cm³/mol. The SMILES string of the molecule is CC(C)c1cccc(C(C)C)c1N(CC(Cc1ccccc1)n1ccc2cccc(N=N)c21)C(N)=O. The number of anilines is 1. The lowest BCUT2D eigenvalue weighted by atomic mass is 9.91. The van der Waals surface area contributed by atoms with Crippen molar-refractivity contribution < 1.29 is 4.79 Å². The minimum atomic E-state index is -0.468. The van der Waals surface area contributed by atoms with E-state index in [1.54, 1.807) is 4.90 Å². The highest BCUT2D eigenvalue weighted by molar-refractivity contribution is 5.93. The van der Waals surface area contributed by atoms with Crippen molar-refractivity contribution in [1.29, 1.82) is 5.53 Å². The molecule has 4 rings (SSSR count). The fourth-order valence-electron chi connectivity index (χ4n) is 5.06. The van der Waals surface area contributed by atoms with E-state index < -0.39 is 6.03 Å². The molecule has 0 radical (unpaired) electrons. The summed E-state index contributed by atoms with van der Waals surface area (Å²) in [5.74, 6) is 0.462. The van der Waals surface area contributed by atoms with Gasteiger partial charge < -0.3 is 10.3 Å². The maximum atomic E-state index is 13.1. The van der Waals surface area contributed by atoms with Crippen molar-refractivity contribution in [1.82, 2.24) is 4.57 Å². The second-order valence-electron chi connectivity index (χ2n) is 9.94. The molecule has 2 amide bonds. The van der Waals surface area contributed by atoms with Crippen molar-refractivity contribution in [2.24, 2.45) is 10.8 Å². The lowest BCUT2D eigenvalue weighted by molar-refractivity contribution is 0.252. The molecule has 1 unspecified atom stereocenters. The van der Waals surface area contributed by atoms with E-state index in [2.05, 4.69) is 67.7 Å². The van der Waals surface area contributed by atoms with E-state index in [-0.39, 0.29) is 17.9 Å². The van der Waals surface area contributed by atoms with Crippen LogP contribution in [0.4, 0.5) is 16.2 Å². The number of carbonyl (C=O) groups excluding carboxylic acids is 1. The van der Waals surface area contributed by atoms with Gasteiger partial charge >= 0.3 is 6.03 Å². The summed E-state index contributed by atoms with van der Waals surface area (Å²) < 4.78 is 2.15. The standard InChI is InChI=1S/C30H35N5O/c1-20(2)25-13-9-14-26(21(3)4)29(25)35(30(31)36)19-24(18-22-10-6-5-7-11-22)34-17-16-23-12-8-15-27(33-32)28(23)34/h5-17,20-21,24,32H,18-19H2,1-4H3,(H2,31,36). The first kappa shape index (κ1) is 25.2. The van der Waals surface area contributed by atoms with Gasteiger partial charge in [0.15, 0.2) is 0 Å². The number of hydrogen-bond donors (Lipinski definition) is 2. The Balaban J connectivity index is 1.88. The summed E-state index contributed by atoms with van der Waals surface area (Å²) in [7, 11) is 0. The molecule has 0 aliphatic rings.